The Morgan fingerprint density at radius 1 is 1.03 bits per heavy atom. The van der Waals surface area contributed by atoms with Crippen molar-refractivity contribution in [2.45, 2.75) is 10.7 Å². The number of carbonyl (C=O) groups is 1. The molecule has 1 amide bonds. The van der Waals surface area contributed by atoms with Gasteiger partial charge in [0.2, 0.25) is 15.7 Å². The van der Waals surface area contributed by atoms with Crippen molar-refractivity contribution in [2.75, 3.05) is 42.9 Å². The van der Waals surface area contributed by atoms with E-state index in [0.717, 1.165) is 0 Å². The number of anilines is 2. The summed E-state index contributed by atoms with van der Waals surface area (Å²) in [5.74, 6) is -3.65. The molecule has 3 rings (SSSR count). The van der Waals surface area contributed by atoms with E-state index in [4.69, 9.17) is 11.6 Å². The van der Waals surface area contributed by atoms with Crippen LogP contribution in [-0.4, -0.2) is 57.7 Å². The smallest absolute Gasteiger partial charge is 0.341 e. The fourth-order valence-electron chi connectivity index (χ4n) is 3.14. The van der Waals surface area contributed by atoms with Gasteiger partial charge in [0.15, 0.2) is 0 Å². The molecule has 1 aliphatic heterocycles. The maximum atomic E-state index is 13.0. The summed E-state index contributed by atoms with van der Waals surface area (Å²) < 4.78 is 49.9. The molecule has 29 heavy (non-hydrogen) atoms. The quantitative estimate of drug-likeness (QED) is 0.743. The van der Waals surface area contributed by atoms with Gasteiger partial charge in [-0.25, -0.2) is 8.42 Å². The number of alkyl halides is 2. The molecule has 0 spiro atoms. The van der Waals surface area contributed by atoms with Crippen LogP contribution in [0.4, 0.5) is 20.2 Å². The van der Waals surface area contributed by atoms with E-state index in [1.807, 2.05) is 4.90 Å². The Bertz CT molecular complexity index is 963. The number of carbonyl (C=O) groups excluding carboxylic acids is 1. The van der Waals surface area contributed by atoms with Gasteiger partial charge in [-0.3, -0.25) is 9.69 Å². The minimum absolute atomic E-state index is 0.174. The van der Waals surface area contributed by atoms with E-state index < -0.39 is 15.6 Å². The van der Waals surface area contributed by atoms with Gasteiger partial charge in [0.05, 0.1) is 17.1 Å². The highest BCUT2D eigenvalue weighted by molar-refractivity contribution is 7.91. The molecule has 2 aromatic rings. The molecule has 6 nitrogen and oxygen atoms in total. The monoisotopic (exact) mass is 443 g/mol. The first kappa shape index (κ1) is 21.5. The fourth-order valence-corrected chi connectivity index (χ4v) is 4.21. The van der Waals surface area contributed by atoms with E-state index in [2.05, 4.69) is 5.32 Å². The average molecular weight is 444 g/mol. The Labute approximate surface area is 173 Å². The number of piperazine rings is 1. The second-order valence-corrected chi connectivity index (χ2v) is 8.91. The van der Waals surface area contributed by atoms with Crippen molar-refractivity contribution in [2.24, 2.45) is 0 Å². The van der Waals surface area contributed by atoms with E-state index >= 15 is 0 Å². The zero-order valence-electron chi connectivity index (χ0n) is 15.4. The van der Waals surface area contributed by atoms with Crippen LogP contribution in [0.3, 0.4) is 0 Å². The van der Waals surface area contributed by atoms with Crippen LogP contribution in [0.25, 0.3) is 0 Å². The molecule has 1 saturated heterocycles. The third-order valence-electron chi connectivity index (χ3n) is 4.61. The molecule has 10 heteroatoms. The topological polar surface area (TPSA) is 69.7 Å². The van der Waals surface area contributed by atoms with Gasteiger partial charge in [0.1, 0.15) is 0 Å². The lowest BCUT2D eigenvalue weighted by molar-refractivity contribution is -0.117. The van der Waals surface area contributed by atoms with Crippen LogP contribution in [0.1, 0.15) is 0 Å². The van der Waals surface area contributed by atoms with Gasteiger partial charge in [-0.05, 0) is 36.4 Å². The van der Waals surface area contributed by atoms with Gasteiger partial charge in [0, 0.05) is 36.9 Å². The number of amides is 1. The molecule has 0 saturated carbocycles. The summed E-state index contributed by atoms with van der Waals surface area (Å²) in [4.78, 5) is 15.5. The molecule has 0 atom stereocenters. The lowest BCUT2D eigenvalue weighted by Crippen LogP contribution is -2.49. The SMILES string of the molecule is O=C(CN1CCN(c2ccccc2S(=O)(=O)C(F)F)CC1)Nc1ccc(Cl)cc1. The number of nitrogens with zero attached hydrogens (tertiary/aromatic N) is 2. The molecular formula is C19H20ClF2N3O3S. The van der Waals surface area contributed by atoms with Gasteiger partial charge in [-0.15, -0.1) is 0 Å². The predicted molar refractivity (Wildman–Crippen MR) is 108 cm³/mol. The minimum atomic E-state index is -4.69. The van der Waals surface area contributed by atoms with Crippen LogP contribution in [0.15, 0.2) is 53.4 Å². The van der Waals surface area contributed by atoms with E-state index in [-0.39, 0.29) is 23.0 Å². The maximum Gasteiger partial charge on any atom is 0.341 e. The summed E-state index contributed by atoms with van der Waals surface area (Å²) in [5.41, 5.74) is 0.905. The van der Waals surface area contributed by atoms with Crippen molar-refractivity contribution in [1.82, 2.24) is 4.90 Å². The number of para-hydroxylation sites is 1. The molecule has 0 bridgehead atoms. The standard InChI is InChI=1S/C19H20ClF2N3O3S/c20-14-5-7-15(8-6-14)23-18(26)13-24-9-11-25(12-10-24)16-3-1-2-4-17(16)29(27,28)19(21)22/h1-8,19H,9-13H2,(H,23,26). The zero-order chi connectivity index (χ0) is 21.0. The van der Waals surface area contributed by atoms with Crippen LogP contribution in [0.2, 0.25) is 5.02 Å². The number of sulfone groups is 1. The third-order valence-corrected chi connectivity index (χ3v) is 6.29. The van der Waals surface area contributed by atoms with E-state index in [0.29, 0.717) is 36.9 Å². The zero-order valence-corrected chi connectivity index (χ0v) is 17.0. The molecule has 1 N–H and O–H groups in total. The van der Waals surface area contributed by atoms with Crippen molar-refractivity contribution in [3.05, 3.63) is 53.6 Å². The van der Waals surface area contributed by atoms with Crippen molar-refractivity contribution in [3.8, 4) is 0 Å². The van der Waals surface area contributed by atoms with Crippen molar-refractivity contribution >= 4 is 38.7 Å². The van der Waals surface area contributed by atoms with Crippen molar-refractivity contribution < 1.29 is 22.0 Å². The molecule has 2 aromatic carbocycles. The van der Waals surface area contributed by atoms with Crippen LogP contribution in [0, 0.1) is 0 Å². The summed E-state index contributed by atoms with van der Waals surface area (Å²) in [6, 6.07) is 12.5. The predicted octanol–water partition coefficient (Wildman–Crippen LogP) is 3.10. The highest BCUT2D eigenvalue weighted by Gasteiger charge is 2.31. The lowest BCUT2D eigenvalue weighted by Gasteiger charge is -2.36. The Morgan fingerprint density at radius 2 is 1.66 bits per heavy atom. The highest BCUT2D eigenvalue weighted by Crippen LogP contribution is 2.29. The van der Waals surface area contributed by atoms with Gasteiger partial charge in [0.25, 0.3) is 0 Å². The molecular weight excluding hydrogens is 424 g/mol. The molecule has 0 radical (unpaired) electrons. The number of halogens is 3. The molecule has 1 heterocycles. The lowest BCUT2D eigenvalue weighted by atomic mass is 10.2. The van der Waals surface area contributed by atoms with E-state index in [1.54, 1.807) is 35.2 Å². The van der Waals surface area contributed by atoms with Crippen molar-refractivity contribution in [1.29, 1.82) is 0 Å². The summed E-state index contributed by atoms with van der Waals surface area (Å²) >= 11 is 5.82. The molecule has 1 aliphatic rings. The first-order valence-electron chi connectivity index (χ1n) is 8.91. The first-order chi connectivity index (χ1) is 13.8. The second-order valence-electron chi connectivity index (χ2n) is 6.59. The molecule has 0 aliphatic carbocycles. The number of hydrogen-bond donors (Lipinski definition) is 1. The van der Waals surface area contributed by atoms with Crippen molar-refractivity contribution in [3.63, 3.8) is 0 Å². The van der Waals surface area contributed by atoms with E-state index in [9.17, 15) is 22.0 Å². The van der Waals surface area contributed by atoms with Gasteiger partial charge in [-0.2, -0.15) is 8.78 Å². The number of benzene rings is 2. The highest BCUT2D eigenvalue weighted by atomic mass is 35.5. The third kappa shape index (κ3) is 5.23. The van der Waals surface area contributed by atoms with Crippen LogP contribution in [-0.2, 0) is 14.6 Å². The fraction of sp³-hybridized carbons (Fsp3) is 0.316. The van der Waals surface area contributed by atoms with Gasteiger partial charge >= 0.3 is 5.76 Å². The summed E-state index contributed by atoms with van der Waals surface area (Å²) in [5, 5.41) is 3.36. The summed E-state index contributed by atoms with van der Waals surface area (Å²) in [6.45, 7) is 2.01. The Hall–Kier alpha value is -2.23. The molecule has 156 valence electrons. The number of rotatable bonds is 6. The van der Waals surface area contributed by atoms with E-state index in [1.165, 1.54) is 18.2 Å². The number of nitrogens with one attached hydrogen (secondary N) is 1. The molecule has 0 unspecified atom stereocenters. The second kappa shape index (κ2) is 9.06. The van der Waals surface area contributed by atoms with Gasteiger partial charge in [-0.1, -0.05) is 23.7 Å². The van der Waals surface area contributed by atoms with Crippen LogP contribution < -0.4 is 10.2 Å². The Balaban J connectivity index is 1.60. The minimum Gasteiger partial charge on any atom is -0.368 e. The Morgan fingerprint density at radius 3 is 2.28 bits per heavy atom. The largest absolute Gasteiger partial charge is 0.368 e. The Kier molecular flexibility index (Phi) is 6.71. The average Bonchev–Trinajstić information content (AvgIpc) is 2.70. The number of hydrogen-bond acceptors (Lipinski definition) is 5. The maximum absolute atomic E-state index is 13.0. The summed E-state index contributed by atoms with van der Waals surface area (Å²) in [7, 11) is -4.69. The molecule has 0 aromatic heterocycles. The van der Waals surface area contributed by atoms with Crippen LogP contribution >= 0.6 is 11.6 Å². The normalized spacial score (nSPS) is 15.5. The molecule has 1 fully saturated rings. The summed E-state index contributed by atoms with van der Waals surface area (Å²) in [6.07, 6.45) is 0. The first-order valence-corrected chi connectivity index (χ1v) is 10.8. The van der Waals surface area contributed by atoms with Crippen LogP contribution in [0.5, 0.6) is 0 Å². The van der Waals surface area contributed by atoms with Gasteiger partial charge < -0.3 is 10.2 Å².